The van der Waals surface area contributed by atoms with Crippen molar-refractivity contribution in [1.82, 2.24) is 0 Å². The monoisotopic (exact) mass is 278 g/mol. The molecular formula is H5MoO5PZn. The molecule has 0 saturated heterocycles. The Kier molecular flexibility index (Phi) is 23.8. The van der Waals surface area contributed by atoms with Crippen molar-refractivity contribution in [3.8, 4) is 0 Å². The van der Waals surface area contributed by atoms with Crippen molar-refractivity contribution < 1.29 is 65.3 Å². The van der Waals surface area contributed by atoms with Gasteiger partial charge in [0.15, 0.2) is 0 Å². The summed E-state index contributed by atoms with van der Waals surface area (Å²) < 4.78 is 8.88. The van der Waals surface area contributed by atoms with E-state index in [0.29, 0.717) is 0 Å². The summed E-state index contributed by atoms with van der Waals surface area (Å²) in [5.41, 5.74) is 0. The van der Waals surface area contributed by atoms with E-state index in [1.165, 1.54) is 0 Å². The quantitative estimate of drug-likeness (QED) is 0.360. The van der Waals surface area contributed by atoms with E-state index < -0.39 is 7.82 Å². The third-order valence-electron chi connectivity index (χ3n) is 0. The summed E-state index contributed by atoms with van der Waals surface area (Å²) in [5.74, 6) is 0. The molecule has 5 N–H and O–H groups in total. The summed E-state index contributed by atoms with van der Waals surface area (Å²) in [5, 5.41) is 0. The first-order chi connectivity index (χ1) is 2.00. The molecule has 0 heterocycles. The van der Waals surface area contributed by atoms with E-state index in [9.17, 15) is 0 Å². The minimum Gasteiger partial charge on any atom is -0.412 e. The van der Waals surface area contributed by atoms with Gasteiger partial charge in [0.25, 0.3) is 0 Å². The molecule has 0 aromatic heterocycles. The predicted octanol–water partition coefficient (Wildman–Crippen LogP) is -1.76. The second-order valence-corrected chi connectivity index (χ2v) is 1.54. The fraction of sp³-hybridized carbons (Fsp3) is 0. The summed E-state index contributed by atoms with van der Waals surface area (Å²) in [6.45, 7) is 0. The van der Waals surface area contributed by atoms with Gasteiger partial charge >= 0.3 is 7.82 Å². The molecule has 0 unspecified atom stereocenters. The normalized spacial score (nSPS) is 7.38. The van der Waals surface area contributed by atoms with Crippen molar-refractivity contribution in [3.63, 3.8) is 0 Å². The fourth-order valence-electron chi connectivity index (χ4n) is 0. The molecule has 0 aromatic carbocycles. The van der Waals surface area contributed by atoms with Crippen LogP contribution in [0.5, 0.6) is 0 Å². The summed E-state index contributed by atoms with van der Waals surface area (Å²) in [6, 6.07) is 0. The van der Waals surface area contributed by atoms with Crippen LogP contribution in [0.3, 0.4) is 0 Å². The first-order valence-electron chi connectivity index (χ1n) is 0.783. The van der Waals surface area contributed by atoms with E-state index in [-0.39, 0.29) is 46.0 Å². The van der Waals surface area contributed by atoms with Gasteiger partial charge in [0.05, 0.1) is 0 Å². The molecule has 0 saturated carbocycles. The summed E-state index contributed by atoms with van der Waals surface area (Å²) in [7, 11) is -4.64. The molecule has 8 heavy (non-hydrogen) atoms. The minimum absolute atomic E-state index is 0. The summed E-state index contributed by atoms with van der Waals surface area (Å²) in [4.78, 5) is 21.6. The van der Waals surface area contributed by atoms with E-state index in [1.54, 1.807) is 0 Å². The number of rotatable bonds is 0. The van der Waals surface area contributed by atoms with E-state index in [1.807, 2.05) is 0 Å². The molecule has 5 nitrogen and oxygen atoms in total. The first kappa shape index (κ1) is 22.8. The van der Waals surface area contributed by atoms with Gasteiger partial charge in [0, 0.05) is 40.5 Å². The minimum atomic E-state index is -4.64. The van der Waals surface area contributed by atoms with Crippen LogP contribution in [0.4, 0.5) is 0 Å². The molecule has 0 fully saturated rings. The molecule has 0 aliphatic carbocycles. The van der Waals surface area contributed by atoms with Gasteiger partial charge in [0.1, 0.15) is 0 Å². The maximum Gasteiger partial charge on any atom is 0.466 e. The van der Waals surface area contributed by atoms with Crippen molar-refractivity contribution in [1.29, 1.82) is 0 Å². The SMILES string of the molecule is O.O=P(O)(O)O.[Mo].[Zn]. The van der Waals surface area contributed by atoms with Gasteiger partial charge in [-0.2, -0.15) is 0 Å². The van der Waals surface area contributed by atoms with Crippen LogP contribution in [0.1, 0.15) is 0 Å². The third-order valence-corrected chi connectivity index (χ3v) is 0. The van der Waals surface area contributed by atoms with Crippen molar-refractivity contribution in [2.24, 2.45) is 0 Å². The third kappa shape index (κ3) is 157. The summed E-state index contributed by atoms with van der Waals surface area (Å²) in [6.07, 6.45) is 0. The standard InChI is InChI=1S/Mo.H3O4P.H2O.Zn/c;1-5(2,3)4;;/h;(H3,1,2,3,4);1H2;. The second kappa shape index (κ2) is 8.38. The number of phosphoric acid groups is 1. The average molecular weight is 277 g/mol. The van der Waals surface area contributed by atoms with Crippen LogP contribution in [-0.2, 0) is 45.1 Å². The zero-order valence-corrected chi connectivity index (χ0v) is 9.68. The van der Waals surface area contributed by atoms with E-state index in [4.69, 9.17) is 19.2 Å². The summed E-state index contributed by atoms with van der Waals surface area (Å²) >= 11 is 0. The van der Waals surface area contributed by atoms with Crippen molar-refractivity contribution >= 4 is 7.82 Å². The Morgan fingerprint density at radius 2 is 1.12 bits per heavy atom. The van der Waals surface area contributed by atoms with Gasteiger partial charge < -0.3 is 20.2 Å². The predicted molar refractivity (Wildman–Crippen MR) is 17.9 cm³/mol. The Bertz CT molecular complexity index is 58.6. The average Bonchev–Trinajstić information content (AvgIpc) is 0.722. The number of hydrogen-bond acceptors (Lipinski definition) is 1. The van der Waals surface area contributed by atoms with E-state index in [0.717, 1.165) is 0 Å². The molecule has 0 aliphatic heterocycles. The van der Waals surface area contributed by atoms with Gasteiger partial charge in [-0.3, -0.25) is 0 Å². The fourth-order valence-corrected chi connectivity index (χ4v) is 0. The van der Waals surface area contributed by atoms with Crippen molar-refractivity contribution in [2.45, 2.75) is 0 Å². The molecule has 0 atom stereocenters. The van der Waals surface area contributed by atoms with E-state index in [2.05, 4.69) is 0 Å². The molecule has 8 heteroatoms. The molecule has 0 amide bonds. The zero-order chi connectivity index (χ0) is 4.50. The Morgan fingerprint density at radius 3 is 1.12 bits per heavy atom. The van der Waals surface area contributed by atoms with Crippen molar-refractivity contribution in [2.75, 3.05) is 0 Å². The number of hydrogen-bond donors (Lipinski definition) is 3. The second-order valence-electron chi connectivity index (χ2n) is 0.513. The van der Waals surface area contributed by atoms with Gasteiger partial charge in [-0.15, -0.1) is 0 Å². The Hall–Kier alpha value is 1.38. The van der Waals surface area contributed by atoms with Gasteiger partial charge in [0.2, 0.25) is 0 Å². The maximum atomic E-state index is 8.88. The Balaban J connectivity index is -0.0000000267. The van der Waals surface area contributed by atoms with Crippen molar-refractivity contribution in [3.05, 3.63) is 0 Å². The van der Waals surface area contributed by atoms with Crippen LogP contribution < -0.4 is 0 Å². The van der Waals surface area contributed by atoms with Crippen LogP contribution in [-0.4, -0.2) is 20.2 Å². The smallest absolute Gasteiger partial charge is 0.412 e. The molecule has 0 aromatic rings. The molecular weight excluding hydrogens is 272 g/mol. The molecule has 0 radical (unpaired) electrons. The van der Waals surface area contributed by atoms with Crippen LogP contribution in [0, 0.1) is 0 Å². The molecule has 0 spiro atoms. The van der Waals surface area contributed by atoms with Gasteiger partial charge in [-0.25, -0.2) is 4.57 Å². The first-order valence-corrected chi connectivity index (χ1v) is 2.35. The van der Waals surface area contributed by atoms with Crippen LogP contribution in [0.2, 0.25) is 0 Å². The Morgan fingerprint density at radius 1 is 1.12 bits per heavy atom. The van der Waals surface area contributed by atoms with E-state index >= 15 is 0 Å². The van der Waals surface area contributed by atoms with Gasteiger partial charge in [-0.05, 0) is 0 Å². The van der Waals surface area contributed by atoms with Gasteiger partial charge in [-0.1, -0.05) is 0 Å². The van der Waals surface area contributed by atoms with Crippen LogP contribution in [0.25, 0.3) is 0 Å². The topological polar surface area (TPSA) is 109 Å². The Labute approximate surface area is 73.1 Å². The zero-order valence-electron chi connectivity index (χ0n) is 3.81. The molecule has 48 valence electrons. The maximum absolute atomic E-state index is 8.88. The van der Waals surface area contributed by atoms with Crippen LogP contribution in [0.15, 0.2) is 0 Å². The molecule has 0 aliphatic rings. The van der Waals surface area contributed by atoms with Crippen LogP contribution >= 0.6 is 7.82 Å². The largest absolute Gasteiger partial charge is 0.466 e. The molecule has 0 bridgehead atoms. The molecule has 0 rings (SSSR count).